The maximum Gasteiger partial charge on any atom is 0.316 e. The molecule has 0 bridgehead atoms. The second kappa shape index (κ2) is 7.04. The van der Waals surface area contributed by atoms with Crippen LogP contribution in [-0.4, -0.2) is 34.3 Å². The fourth-order valence-corrected chi connectivity index (χ4v) is 3.10. The number of nitrogens with one attached hydrogen (secondary N) is 1. The second-order valence-electron chi connectivity index (χ2n) is 7.15. The van der Waals surface area contributed by atoms with Crippen molar-refractivity contribution >= 4 is 34.5 Å². The lowest BCUT2D eigenvalue weighted by molar-refractivity contribution is -0.151. The third-order valence-corrected chi connectivity index (χ3v) is 4.49. The van der Waals surface area contributed by atoms with Gasteiger partial charge in [-0.2, -0.15) is 0 Å². The van der Waals surface area contributed by atoms with Crippen LogP contribution in [0.1, 0.15) is 44.0 Å². The number of amides is 1. The number of aromatic nitrogens is 1. The van der Waals surface area contributed by atoms with Crippen molar-refractivity contribution in [1.29, 1.82) is 0 Å². The summed E-state index contributed by atoms with van der Waals surface area (Å²) in [5.74, 6) is -0.219. The van der Waals surface area contributed by atoms with Crippen molar-refractivity contribution in [2.24, 2.45) is 0 Å². The molecule has 1 N–H and O–H groups in total. The zero-order chi connectivity index (χ0) is 18.0. The number of para-hydroxylation sites is 1. The van der Waals surface area contributed by atoms with E-state index in [0.717, 1.165) is 23.7 Å². The summed E-state index contributed by atoms with van der Waals surface area (Å²) in [6.45, 7) is 5.51. The van der Waals surface area contributed by atoms with Gasteiger partial charge >= 0.3 is 5.97 Å². The maximum atomic E-state index is 12.5. The van der Waals surface area contributed by atoms with E-state index in [9.17, 15) is 9.59 Å². The monoisotopic (exact) mass is 358 g/mol. The van der Waals surface area contributed by atoms with Gasteiger partial charge in [0.1, 0.15) is 5.60 Å². The standard InChI is InChI=1S/C19H22N2O3S/c1-19(2,3)24-17(22)11-25-16-10-14(18(23)20-12-8-9-12)13-6-4-5-7-15(13)21-16/h4-7,10,12H,8-9,11H2,1-3H3,(H,20,23). The van der Waals surface area contributed by atoms with E-state index in [4.69, 9.17) is 4.74 Å². The van der Waals surface area contributed by atoms with Gasteiger partial charge in [-0.3, -0.25) is 9.59 Å². The quantitative estimate of drug-likeness (QED) is 0.654. The topological polar surface area (TPSA) is 68.3 Å². The summed E-state index contributed by atoms with van der Waals surface area (Å²) in [7, 11) is 0. The first-order valence-electron chi connectivity index (χ1n) is 8.37. The first-order chi connectivity index (χ1) is 11.8. The summed E-state index contributed by atoms with van der Waals surface area (Å²) >= 11 is 1.28. The van der Waals surface area contributed by atoms with Crippen molar-refractivity contribution in [3.05, 3.63) is 35.9 Å². The molecule has 1 aromatic carbocycles. The van der Waals surface area contributed by atoms with E-state index in [1.165, 1.54) is 11.8 Å². The fourth-order valence-electron chi connectivity index (χ4n) is 2.41. The van der Waals surface area contributed by atoms with Crippen molar-refractivity contribution in [1.82, 2.24) is 10.3 Å². The predicted molar refractivity (Wildman–Crippen MR) is 98.8 cm³/mol. The zero-order valence-electron chi connectivity index (χ0n) is 14.7. The van der Waals surface area contributed by atoms with Gasteiger partial charge in [0, 0.05) is 11.4 Å². The van der Waals surface area contributed by atoms with Crippen molar-refractivity contribution in [3.8, 4) is 0 Å². The minimum atomic E-state index is -0.510. The molecule has 0 unspecified atom stereocenters. The van der Waals surface area contributed by atoms with Gasteiger partial charge in [-0.1, -0.05) is 30.0 Å². The van der Waals surface area contributed by atoms with Gasteiger partial charge in [0.25, 0.3) is 5.91 Å². The molecule has 1 amide bonds. The number of nitrogens with zero attached hydrogens (tertiary/aromatic N) is 1. The molecule has 1 aliphatic rings. The van der Waals surface area contributed by atoms with E-state index < -0.39 is 5.60 Å². The smallest absolute Gasteiger partial charge is 0.316 e. The van der Waals surface area contributed by atoms with Gasteiger partial charge in [-0.05, 0) is 45.7 Å². The highest BCUT2D eigenvalue weighted by molar-refractivity contribution is 7.99. The van der Waals surface area contributed by atoms with Gasteiger partial charge in [0.2, 0.25) is 0 Å². The lowest BCUT2D eigenvalue weighted by atomic mass is 10.1. The molecule has 1 fully saturated rings. The summed E-state index contributed by atoms with van der Waals surface area (Å²) in [5, 5.41) is 4.48. The Morgan fingerprint density at radius 3 is 2.68 bits per heavy atom. The molecule has 0 spiro atoms. The van der Waals surface area contributed by atoms with Gasteiger partial charge in [0.05, 0.1) is 21.9 Å². The van der Waals surface area contributed by atoms with Crippen LogP contribution >= 0.6 is 11.8 Å². The largest absolute Gasteiger partial charge is 0.459 e. The van der Waals surface area contributed by atoms with Crippen LogP contribution in [0.5, 0.6) is 0 Å². The number of esters is 1. The minimum absolute atomic E-state index is 0.0831. The van der Waals surface area contributed by atoms with Gasteiger partial charge < -0.3 is 10.1 Å². The molecule has 1 aliphatic carbocycles. The third kappa shape index (κ3) is 4.95. The van der Waals surface area contributed by atoms with E-state index in [0.29, 0.717) is 10.6 Å². The molecule has 1 aromatic heterocycles. The number of hydrogen-bond donors (Lipinski definition) is 1. The fraction of sp³-hybridized carbons (Fsp3) is 0.421. The van der Waals surface area contributed by atoms with Crippen LogP contribution in [0.25, 0.3) is 10.9 Å². The van der Waals surface area contributed by atoms with Crippen molar-refractivity contribution < 1.29 is 14.3 Å². The number of thioether (sulfide) groups is 1. The molecule has 5 nitrogen and oxygen atoms in total. The Hall–Kier alpha value is -2.08. The number of ether oxygens (including phenoxy) is 1. The van der Waals surface area contributed by atoms with E-state index in [1.807, 2.05) is 45.0 Å². The van der Waals surface area contributed by atoms with Crippen LogP contribution < -0.4 is 5.32 Å². The molecule has 0 saturated heterocycles. The molecule has 0 atom stereocenters. The molecule has 0 aliphatic heterocycles. The Labute approximate surface area is 151 Å². The number of fused-ring (bicyclic) bond motifs is 1. The predicted octanol–water partition coefficient (Wildman–Crippen LogP) is 3.56. The highest BCUT2D eigenvalue weighted by Gasteiger charge is 2.25. The number of carbonyl (C=O) groups is 2. The molecule has 1 heterocycles. The van der Waals surface area contributed by atoms with E-state index in [-0.39, 0.29) is 23.7 Å². The summed E-state index contributed by atoms with van der Waals surface area (Å²) in [6, 6.07) is 9.60. The van der Waals surface area contributed by atoms with Gasteiger partial charge in [-0.25, -0.2) is 4.98 Å². The highest BCUT2D eigenvalue weighted by Crippen LogP contribution is 2.26. The molecule has 25 heavy (non-hydrogen) atoms. The molecular formula is C19H22N2O3S. The normalized spacial score (nSPS) is 14.4. The first-order valence-corrected chi connectivity index (χ1v) is 9.36. The molecular weight excluding hydrogens is 336 g/mol. The van der Waals surface area contributed by atoms with Gasteiger partial charge in [-0.15, -0.1) is 0 Å². The Kier molecular flexibility index (Phi) is 4.99. The lowest BCUT2D eigenvalue weighted by Gasteiger charge is -2.19. The Morgan fingerprint density at radius 2 is 2.00 bits per heavy atom. The molecule has 3 rings (SSSR count). The molecule has 1 saturated carbocycles. The summed E-state index contributed by atoms with van der Waals surface area (Å²) in [5.41, 5.74) is 0.839. The number of carbonyl (C=O) groups excluding carboxylic acids is 2. The number of hydrogen-bond acceptors (Lipinski definition) is 5. The van der Waals surface area contributed by atoms with Crippen molar-refractivity contribution in [2.75, 3.05) is 5.75 Å². The van der Waals surface area contributed by atoms with Crippen LogP contribution in [0.2, 0.25) is 0 Å². The second-order valence-corrected chi connectivity index (χ2v) is 8.14. The SMILES string of the molecule is CC(C)(C)OC(=O)CSc1cc(C(=O)NC2CC2)c2ccccc2n1. The highest BCUT2D eigenvalue weighted by atomic mass is 32.2. The number of pyridine rings is 1. The lowest BCUT2D eigenvalue weighted by Crippen LogP contribution is -2.26. The Morgan fingerprint density at radius 1 is 1.28 bits per heavy atom. The average molecular weight is 358 g/mol. The molecule has 132 valence electrons. The van der Waals surface area contributed by atoms with Crippen LogP contribution in [0, 0.1) is 0 Å². The van der Waals surface area contributed by atoms with Crippen LogP contribution in [0.4, 0.5) is 0 Å². The summed E-state index contributed by atoms with van der Waals surface area (Å²) in [4.78, 5) is 29.0. The summed E-state index contributed by atoms with van der Waals surface area (Å²) in [6.07, 6.45) is 2.07. The number of benzene rings is 1. The van der Waals surface area contributed by atoms with Crippen LogP contribution in [0.3, 0.4) is 0 Å². The van der Waals surface area contributed by atoms with Crippen molar-refractivity contribution in [2.45, 2.75) is 50.3 Å². The van der Waals surface area contributed by atoms with E-state index in [2.05, 4.69) is 10.3 Å². The maximum absolute atomic E-state index is 12.5. The third-order valence-electron chi connectivity index (χ3n) is 3.61. The zero-order valence-corrected chi connectivity index (χ0v) is 15.5. The van der Waals surface area contributed by atoms with Gasteiger partial charge in [0.15, 0.2) is 0 Å². The minimum Gasteiger partial charge on any atom is -0.459 e. The Balaban J connectivity index is 1.81. The molecule has 6 heteroatoms. The average Bonchev–Trinajstić information content (AvgIpc) is 3.34. The molecule has 2 aromatic rings. The summed E-state index contributed by atoms with van der Waals surface area (Å²) < 4.78 is 5.32. The van der Waals surface area contributed by atoms with E-state index in [1.54, 1.807) is 6.07 Å². The van der Waals surface area contributed by atoms with Crippen molar-refractivity contribution in [3.63, 3.8) is 0 Å². The van der Waals surface area contributed by atoms with E-state index >= 15 is 0 Å². The first kappa shape index (κ1) is 17.7. The Bertz CT molecular complexity index is 810. The van der Waals surface area contributed by atoms with Crippen LogP contribution in [0.15, 0.2) is 35.4 Å². The number of rotatable bonds is 5. The molecule has 0 radical (unpaired) electrons. The van der Waals surface area contributed by atoms with Crippen LogP contribution in [-0.2, 0) is 9.53 Å².